The molecule has 0 N–H and O–H groups in total. The largest absolute Gasteiger partial charge is 0.465 e. The lowest BCUT2D eigenvalue weighted by Crippen LogP contribution is -2.54. The van der Waals surface area contributed by atoms with Crippen molar-refractivity contribution in [3.63, 3.8) is 0 Å². The number of ether oxygens (including phenoxy) is 1. The van der Waals surface area contributed by atoms with Gasteiger partial charge in [-0.1, -0.05) is 61.2 Å². The lowest BCUT2D eigenvalue weighted by Gasteiger charge is -2.45. The number of hydrazone groups is 1. The molecule has 0 bridgehead atoms. The van der Waals surface area contributed by atoms with Crippen LogP contribution in [0.4, 0.5) is 0 Å². The van der Waals surface area contributed by atoms with Gasteiger partial charge in [0.1, 0.15) is 11.2 Å². The average Bonchev–Trinajstić information content (AvgIpc) is 3.31. The molecule has 0 aromatic heterocycles. The topological polar surface area (TPSA) is 72.2 Å². The molecule has 7 nitrogen and oxygen atoms in total. The fourth-order valence-corrected chi connectivity index (χ4v) is 5.12. The molecule has 35 heavy (non-hydrogen) atoms. The Hall–Kier alpha value is -3.44. The number of benzene rings is 2. The molecule has 0 aliphatic carbocycles. The summed E-state index contributed by atoms with van der Waals surface area (Å²) in [6.45, 7) is 8.08. The van der Waals surface area contributed by atoms with Gasteiger partial charge in [-0.2, -0.15) is 15.5 Å². The molecule has 0 radical (unpaired) electrons. The number of carbonyl (C=O) groups is 1. The molecule has 182 valence electrons. The number of hydrogen-bond donors (Lipinski definition) is 0. The minimum absolute atomic E-state index is 0.0385. The first-order chi connectivity index (χ1) is 17.0. The van der Waals surface area contributed by atoms with Crippen LogP contribution in [0, 0.1) is 11.3 Å². The van der Waals surface area contributed by atoms with Crippen molar-refractivity contribution in [3.8, 4) is 17.2 Å². The van der Waals surface area contributed by atoms with Crippen LogP contribution >= 0.6 is 11.8 Å². The first kappa shape index (κ1) is 24.7. The van der Waals surface area contributed by atoms with Crippen molar-refractivity contribution < 1.29 is 9.53 Å². The van der Waals surface area contributed by atoms with E-state index in [9.17, 15) is 10.1 Å². The number of hydrazine groups is 1. The van der Waals surface area contributed by atoms with E-state index in [1.165, 1.54) is 17.3 Å². The van der Waals surface area contributed by atoms with Crippen LogP contribution in [0.3, 0.4) is 0 Å². The van der Waals surface area contributed by atoms with E-state index >= 15 is 0 Å². The fraction of sp³-hybridized carbons (Fsp3) is 0.370. The van der Waals surface area contributed by atoms with Crippen molar-refractivity contribution in [3.05, 3.63) is 71.6 Å². The van der Waals surface area contributed by atoms with Crippen molar-refractivity contribution in [2.45, 2.75) is 39.8 Å². The number of esters is 1. The Morgan fingerprint density at radius 1 is 1.20 bits per heavy atom. The molecule has 0 amide bonds. The van der Waals surface area contributed by atoms with Gasteiger partial charge in [0.05, 0.1) is 30.5 Å². The van der Waals surface area contributed by atoms with E-state index in [1.54, 1.807) is 0 Å². The molecule has 0 saturated carbocycles. The normalized spacial score (nSPS) is 17.0. The Balaban J connectivity index is 1.54. The van der Waals surface area contributed by atoms with Crippen LogP contribution in [0.2, 0.25) is 0 Å². The van der Waals surface area contributed by atoms with E-state index in [0.717, 1.165) is 41.3 Å². The molecule has 0 spiro atoms. The average molecular weight is 490 g/mol. The van der Waals surface area contributed by atoms with Gasteiger partial charge in [-0.15, -0.1) is 0 Å². The Morgan fingerprint density at radius 3 is 2.69 bits per heavy atom. The zero-order valence-electron chi connectivity index (χ0n) is 20.5. The second-order valence-electron chi connectivity index (χ2n) is 8.51. The molecule has 2 aromatic carbocycles. The molecule has 2 aromatic rings. The second-order valence-corrected chi connectivity index (χ2v) is 9.56. The zero-order chi connectivity index (χ0) is 24.8. The first-order valence-corrected chi connectivity index (χ1v) is 13.0. The first-order valence-electron chi connectivity index (χ1n) is 12.0. The maximum absolute atomic E-state index is 11.8. The number of nitriles is 1. The maximum Gasteiger partial charge on any atom is 0.316 e. The number of hydrogen-bond acceptors (Lipinski definition) is 8. The fourth-order valence-electron chi connectivity index (χ4n) is 4.39. The molecule has 8 heteroatoms. The van der Waals surface area contributed by atoms with Crippen LogP contribution in [-0.2, 0) is 16.0 Å². The number of allylic oxidation sites excluding steroid dienone is 1. The summed E-state index contributed by atoms with van der Waals surface area (Å²) in [6, 6.07) is 18.4. The van der Waals surface area contributed by atoms with Crippen molar-refractivity contribution in [2.75, 3.05) is 25.4 Å². The summed E-state index contributed by atoms with van der Waals surface area (Å²) in [5.74, 6) is 0.0566. The van der Waals surface area contributed by atoms with Gasteiger partial charge < -0.3 is 9.64 Å². The Morgan fingerprint density at radius 2 is 1.97 bits per heavy atom. The third-order valence-electron chi connectivity index (χ3n) is 6.03. The molecule has 2 heterocycles. The summed E-state index contributed by atoms with van der Waals surface area (Å²) in [4.78, 5) is 14.2. The molecule has 0 fully saturated rings. The predicted molar refractivity (Wildman–Crippen MR) is 140 cm³/mol. The molecule has 1 atom stereocenters. The zero-order valence-corrected chi connectivity index (χ0v) is 21.3. The van der Waals surface area contributed by atoms with Crippen LogP contribution in [0.25, 0.3) is 11.1 Å². The van der Waals surface area contributed by atoms with Crippen LogP contribution in [0.1, 0.15) is 38.3 Å². The molecular weight excluding hydrogens is 458 g/mol. The van der Waals surface area contributed by atoms with Crippen molar-refractivity contribution in [2.24, 2.45) is 5.10 Å². The van der Waals surface area contributed by atoms with Crippen molar-refractivity contribution in [1.82, 2.24) is 15.0 Å². The van der Waals surface area contributed by atoms with Gasteiger partial charge in [-0.05, 0) is 43.0 Å². The highest BCUT2D eigenvalue weighted by molar-refractivity contribution is 8.14. The lowest BCUT2D eigenvalue weighted by atomic mass is 9.98. The Bertz CT molecular complexity index is 1150. The summed E-state index contributed by atoms with van der Waals surface area (Å²) < 4.78 is 5.07. The highest BCUT2D eigenvalue weighted by Gasteiger charge is 2.37. The lowest BCUT2D eigenvalue weighted by molar-refractivity contribution is -0.139. The van der Waals surface area contributed by atoms with Crippen LogP contribution < -0.4 is 0 Å². The summed E-state index contributed by atoms with van der Waals surface area (Å²) in [7, 11) is 0. The Kier molecular flexibility index (Phi) is 7.98. The van der Waals surface area contributed by atoms with Crippen LogP contribution in [-0.4, -0.2) is 57.7 Å². The standard InChI is InChI=1S/C27H31N5O2S/c1-4-14-30-17-20(3)31-18-25(35-19-27(33)34-5-2)29-32(31)26(30)15-21-10-12-22(13-11-21)24-9-7-6-8-23(24)16-28/h6-13,17,26H,4-5,14-15,18-19H2,1-3H3. The SMILES string of the molecule is CCCN1C=C(C)N2CC(SCC(=O)OCC)=NN2C1Cc1ccc(-c2ccccc2C#N)cc1. The number of fused-ring (bicyclic) bond motifs is 1. The monoisotopic (exact) mass is 489 g/mol. The van der Waals surface area contributed by atoms with E-state index in [0.29, 0.717) is 18.7 Å². The molecule has 0 saturated heterocycles. The van der Waals surface area contributed by atoms with Gasteiger partial charge in [0, 0.05) is 24.9 Å². The third-order valence-corrected chi connectivity index (χ3v) is 6.95. The molecular formula is C27H31N5O2S. The minimum Gasteiger partial charge on any atom is -0.465 e. The minimum atomic E-state index is -0.213. The number of carbonyl (C=O) groups excluding carboxylic acids is 1. The Labute approximate surface area is 211 Å². The summed E-state index contributed by atoms with van der Waals surface area (Å²) in [6.07, 6.45) is 4.08. The van der Waals surface area contributed by atoms with Gasteiger partial charge >= 0.3 is 5.97 Å². The summed E-state index contributed by atoms with van der Waals surface area (Å²) in [5.41, 5.74) is 4.99. The second kappa shape index (κ2) is 11.3. The van der Waals surface area contributed by atoms with Gasteiger partial charge in [-0.25, -0.2) is 0 Å². The van der Waals surface area contributed by atoms with E-state index in [1.807, 2.05) is 31.2 Å². The molecule has 2 aliphatic rings. The maximum atomic E-state index is 11.8. The quantitative estimate of drug-likeness (QED) is 0.492. The van der Waals surface area contributed by atoms with Gasteiger partial charge in [0.2, 0.25) is 0 Å². The van der Waals surface area contributed by atoms with Crippen LogP contribution in [0.5, 0.6) is 0 Å². The van der Waals surface area contributed by atoms with Crippen LogP contribution in [0.15, 0.2) is 65.5 Å². The molecule has 1 unspecified atom stereocenters. The smallest absolute Gasteiger partial charge is 0.316 e. The van der Waals surface area contributed by atoms with E-state index in [-0.39, 0.29) is 17.9 Å². The highest BCUT2D eigenvalue weighted by atomic mass is 32.2. The summed E-state index contributed by atoms with van der Waals surface area (Å²) >= 11 is 1.45. The number of thioether (sulfide) groups is 1. The van der Waals surface area contributed by atoms with Crippen molar-refractivity contribution >= 4 is 22.8 Å². The van der Waals surface area contributed by atoms with E-state index in [4.69, 9.17) is 9.84 Å². The van der Waals surface area contributed by atoms with E-state index < -0.39 is 0 Å². The highest BCUT2D eigenvalue weighted by Crippen LogP contribution is 2.31. The molecule has 2 aliphatic heterocycles. The van der Waals surface area contributed by atoms with Gasteiger partial charge in [0.25, 0.3) is 0 Å². The van der Waals surface area contributed by atoms with Gasteiger partial charge in [0.15, 0.2) is 0 Å². The predicted octanol–water partition coefficient (Wildman–Crippen LogP) is 4.82. The summed E-state index contributed by atoms with van der Waals surface area (Å²) in [5, 5.41) is 19.5. The molecule has 4 rings (SSSR count). The van der Waals surface area contributed by atoms with Gasteiger partial charge in [-0.3, -0.25) is 9.80 Å². The van der Waals surface area contributed by atoms with E-state index in [2.05, 4.69) is 65.4 Å². The number of rotatable bonds is 8. The third kappa shape index (κ3) is 5.63. The number of nitrogens with zero attached hydrogens (tertiary/aromatic N) is 5. The van der Waals surface area contributed by atoms with Crippen molar-refractivity contribution in [1.29, 1.82) is 5.26 Å².